The Bertz CT molecular complexity index is 192. The van der Waals surface area contributed by atoms with Crippen molar-refractivity contribution in [1.29, 1.82) is 0 Å². The molecular weight excluding hydrogens is 216 g/mol. The lowest BCUT2D eigenvalue weighted by atomic mass is 9.93. The van der Waals surface area contributed by atoms with Crippen LogP contribution in [0.2, 0.25) is 0 Å². The molecule has 94 valence electrons. The molecule has 2 nitrogen and oxygen atoms in total. The van der Waals surface area contributed by atoms with E-state index in [2.05, 4.69) is 28.7 Å². The van der Waals surface area contributed by atoms with E-state index < -0.39 is 0 Å². The van der Waals surface area contributed by atoms with Gasteiger partial charge in [0.1, 0.15) is 0 Å². The number of piperidine rings is 1. The van der Waals surface area contributed by atoms with Crippen LogP contribution in [0.1, 0.15) is 38.5 Å². The lowest BCUT2D eigenvalue weighted by Crippen LogP contribution is -2.40. The normalized spacial score (nSPS) is 32.8. The Kier molecular flexibility index (Phi) is 5.46. The zero-order valence-corrected chi connectivity index (χ0v) is 11.3. The van der Waals surface area contributed by atoms with Crippen molar-refractivity contribution < 1.29 is 0 Å². The van der Waals surface area contributed by atoms with Crippen LogP contribution in [0.5, 0.6) is 0 Å². The zero-order valence-electron chi connectivity index (χ0n) is 10.5. The van der Waals surface area contributed by atoms with Crippen molar-refractivity contribution in [2.24, 2.45) is 5.92 Å². The molecule has 1 aliphatic carbocycles. The van der Waals surface area contributed by atoms with Crippen molar-refractivity contribution in [2.45, 2.75) is 49.8 Å². The van der Waals surface area contributed by atoms with Crippen LogP contribution in [0.3, 0.4) is 0 Å². The zero-order chi connectivity index (χ0) is 11.2. The van der Waals surface area contributed by atoms with Crippen molar-refractivity contribution in [2.75, 3.05) is 25.9 Å². The van der Waals surface area contributed by atoms with Crippen LogP contribution in [0.4, 0.5) is 0 Å². The van der Waals surface area contributed by atoms with E-state index in [1.807, 2.05) is 0 Å². The van der Waals surface area contributed by atoms with E-state index in [1.54, 1.807) is 0 Å². The summed E-state index contributed by atoms with van der Waals surface area (Å²) in [7, 11) is 0. The summed E-state index contributed by atoms with van der Waals surface area (Å²) in [6, 6.07) is 0.807. The van der Waals surface area contributed by atoms with Gasteiger partial charge < -0.3 is 10.6 Å². The number of rotatable bonds is 4. The first kappa shape index (κ1) is 12.7. The maximum absolute atomic E-state index is 3.81. The van der Waals surface area contributed by atoms with E-state index in [9.17, 15) is 0 Å². The Morgan fingerprint density at radius 2 is 2.00 bits per heavy atom. The molecule has 2 atom stereocenters. The van der Waals surface area contributed by atoms with E-state index in [4.69, 9.17) is 0 Å². The number of thioether (sulfide) groups is 1. The molecule has 2 rings (SSSR count). The van der Waals surface area contributed by atoms with Gasteiger partial charge in [-0.05, 0) is 63.9 Å². The van der Waals surface area contributed by atoms with Gasteiger partial charge in [0, 0.05) is 11.3 Å². The van der Waals surface area contributed by atoms with Crippen molar-refractivity contribution in [3.05, 3.63) is 0 Å². The molecular formula is C13H26N2S. The Morgan fingerprint density at radius 1 is 1.19 bits per heavy atom. The van der Waals surface area contributed by atoms with Crippen LogP contribution < -0.4 is 10.6 Å². The highest BCUT2D eigenvalue weighted by Gasteiger charge is 2.22. The summed E-state index contributed by atoms with van der Waals surface area (Å²) in [5.74, 6) is 0.927. The molecule has 3 heteroatoms. The molecule has 2 N–H and O–H groups in total. The summed E-state index contributed by atoms with van der Waals surface area (Å²) in [4.78, 5) is 0. The van der Waals surface area contributed by atoms with Crippen LogP contribution in [-0.4, -0.2) is 37.2 Å². The summed E-state index contributed by atoms with van der Waals surface area (Å²) >= 11 is 2.06. The monoisotopic (exact) mass is 242 g/mol. The fourth-order valence-electron chi connectivity index (χ4n) is 2.96. The smallest absolute Gasteiger partial charge is 0.00777 e. The first-order valence-electron chi connectivity index (χ1n) is 6.85. The summed E-state index contributed by atoms with van der Waals surface area (Å²) in [5, 5.41) is 8.17. The second kappa shape index (κ2) is 6.87. The Labute approximate surface area is 104 Å². The Balaban J connectivity index is 1.64. The second-order valence-corrected chi connectivity index (χ2v) is 6.46. The summed E-state index contributed by atoms with van der Waals surface area (Å²) in [5.41, 5.74) is 0. The second-order valence-electron chi connectivity index (χ2n) is 5.32. The van der Waals surface area contributed by atoms with Gasteiger partial charge >= 0.3 is 0 Å². The van der Waals surface area contributed by atoms with Crippen molar-refractivity contribution >= 4 is 11.8 Å². The van der Waals surface area contributed by atoms with Crippen LogP contribution >= 0.6 is 11.8 Å². The van der Waals surface area contributed by atoms with Gasteiger partial charge in [-0.25, -0.2) is 0 Å². The molecule has 0 spiro atoms. The maximum Gasteiger partial charge on any atom is 0.00777 e. The molecule has 2 unspecified atom stereocenters. The minimum absolute atomic E-state index is 0.807. The lowest BCUT2D eigenvalue weighted by Gasteiger charge is -2.31. The molecule has 0 bridgehead atoms. The van der Waals surface area contributed by atoms with Crippen LogP contribution in [0.15, 0.2) is 0 Å². The minimum atomic E-state index is 0.807. The van der Waals surface area contributed by atoms with Crippen LogP contribution in [0, 0.1) is 5.92 Å². The fourth-order valence-corrected chi connectivity index (χ4v) is 3.79. The van der Waals surface area contributed by atoms with Gasteiger partial charge in [0.15, 0.2) is 0 Å². The first-order chi connectivity index (χ1) is 7.88. The Morgan fingerprint density at radius 3 is 2.75 bits per heavy atom. The largest absolute Gasteiger partial charge is 0.317 e. The molecule has 1 saturated carbocycles. The summed E-state index contributed by atoms with van der Waals surface area (Å²) in [6.45, 7) is 3.71. The topological polar surface area (TPSA) is 24.1 Å². The third-order valence-electron chi connectivity index (χ3n) is 4.11. The molecule has 0 radical (unpaired) electrons. The molecule has 0 aromatic heterocycles. The highest BCUT2D eigenvalue weighted by atomic mass is 32.2. The minimum Gasteiger partial charge on any atom is -0.317 e. The van der Waals surface area contributed by atoms with Gasteiger partial charge in [0.2, 0.25) is 0 Å². The molecule has 1 saturated heterocycles. The number of hydrogen-bond acceptors (Lipinski definition) is 3. The van der Waals surface area contributed by atoms with Crippen LogP contribution in [-0.2, 0) is 0 Å². The molecule has 2 aliphatic rings. The van der Waals surface area contributed by atoms with Gasteiger partial charge in [-0.15, -0.1) is 0 Å². The van der Waals surface area contributed by atoms with Gasteiger partial charge in [-0.2, -0.15) is 11.8 Å². The van der Waals surface area contributed by atoms with Crippen molar-refractivity contribution in [3.8, 4) is 0 Å². The van der Waals surface area contributed by atoms with Gasteiger partial charge in [-0.1, -0.05) is 6.42 Å². The van der Waals surface area contributed by atoms with E-state index in [1.165, 1.54) is 58.2 Å². The quantitative estimate of drug-likeness (QED) is 0.791. The molecule has 0 aromatic carbocycles. The molecule has 1 aliphatic heterocycles. The highest BCUT2D eigenvalue weighted by molar-refractivity contribution is 7.99. The third-order valence-corrected chi connectivity index (χ3v) is 5.21. The maximum atomic E-state index is 3.81. The number of nitrogens with one attached hydrogen (secondary N) is 2. The predicted molar refractivity (Wildman–Crippen MR) is 73.2 cm³/mol. The average molecular weight is 242 g/mol. The first-order valence-corrected chi connectivity index (χ1v) is 8.14. The Hall–Kier alpha value is 0.270. The predicted octanol–water partition coefficient (Wildman–Crippen LogP) is 2.25. The van der Waals surface area contributed by atoms with Crippen molar-refractivity contribution in [3.63, 3.8) is 0 Å². The van der Waals surface area contributed by atoms with Gasteiger partial charge in [0.25, 0.3) is 0 Å². The SMILES string of the molecule is CSC1CCCC(NCC2CCNCC2)C1. The molecule has 1 heterocycles. The summed E-state index contributed by atoms with van der Waals surface area (Å²) < 4.78 is 0. The summed E-state index contributed by atoms with van der Waals surface area (Å²) in [6.07, 6.45) is 10.7. The van der Waals surface area contributed by atoms with E-state index in [-0.39, 0.29) is 0 Å². The standard InChI is InChI=1S/C13H26N2S/c1-16-13-4-2-3-12(9-13)15-10-11-5-7-14-8-6-11/h11-15H,2-10H2,1H3. The highest BCUT2D eigenvalue weighted by Crippen LogP contribution is 2.27. The average Bonchev–Trinajstić information content (AvgIpc) is 2.38. The van der Waals surface area contributed by atoms with Gasteiger partial charge in [0.05, 0.1) is 0 Å². The van der Waals surface area contributed by atoms with E-state index in [0.29, 0.717) is 0 Å². The van der Waals surface area contributed by atoms with Crippen molar-refractivity contribution in [1.82, 2.24) is 10.6 Å². The molecule has 2 fully saturated rings. The lowest BCUT2D eigenvalue weighted by molar-refractivity contribution is 0.311. The van der Waals surface area contributed by atoms with Gasteiger partial charge in [-0.3, -0.25) is 0 Å². The van der Waals surface area contributed by atoms with E-state index in [0.717, 1.165) is 17.2 Å². The molecule has 16 heavy (non-hydrogen) atoms. The van der Waals surface area contributed by atoms with Crippen LogP contribution in [0.25, 0.3) is 0 Å². The number of hydrogen-bond donors (Lipinski definition) is 2. The third kappa shape index (κ3) is 3.94. The molecule has 0 aromatic rings. The van der Waals surface area contributed by atoms with E-state index >= 15 is 0 Å². The fraction of sp³-hybridized carbons (Fsp3) is 1.00. The molecule has 0 amide bonds.